The standard InChI is InChI=1S/C16H23FO2/c1-3-11-19-15-9-10-16(17)14(12-15)8-6-4-5-7-13(2)18/h9-10,12H,3-8,11H2,1-2H3. The van der Waals surface area contributed by atoms with Crippen molar-refractivity contribution in [2.45, 2.75) is 52.4 Å². The highest BCUT2D eigenvalue weighted by molar-refractivity contribution is 5.75. The van der Waals surface area contributed by atoms with E-state index in [-0.39, 0.29) is 11.6 Å². The summed E-state index contributed by atoms with van der Waals surface area (Å²) in [7, 11) is 0. The molecule has 0 atom stereocenters. The van der Waals surface area contributed by atoms with E-state index in [1.807, 2.05) is 6.92 Å². The van der Waals surface area contributed by atoms with Crippen molar-refractivity contribution in [2.24, 2.45) is 0 Å². The molecule has 0 saturated heterocycles. The van der Waals surface area contributed by atoms with Crippen LogP contribution < -0.4 is 4.74 Å². The fourth-order valence-electron chi connectivity index (χ4n) is 1.92. The Bertz CT molecular complexity index is 402. The number of unbranched alkanes of at least 4 members (excludes halogenated alkanes) is 2. The van der Waals surface area contributed by atoms with E-state index in [9.17, 15) is 9.18 Å². The van der Waals surface area contributed by atoms with Gasteiger partial charge < -0.3 is 9.53 Å². The number of aryl methyl sites for hydroxylation is 1. The lowest BCUT2D eigenvalue weighted by Gasteiger charge is -2.08. The van der Waals surface area contributed by atoms with Crippen LogP contribution in [-0.2, 0) is 11.2 Å². The van der Waals surface area contributed by atoms with Gasteiger partial charge in [0.05, 0.1) is 6.61 Å². The largest absolute Gasteiger partial charge is 0.494 e. The number of ether oxygens (including phenoxy) is 1. The quantitative estimate of drug-likeness (QED) is 0.623. The van der Waals surface area contributed by atoms with Crippen molar-refractivity contribution in [2.75, 3.05) is 6.61 Å². The number of hydrogen-bond donors (Lipinski definition) is 0. The van der Waals surface area contributed by atoms with Crippen molar-refractivity contribution in [3.05, 3.63) is 29.6 Å². The highest BCUT2D eigenvalue weighted by atomic mass is 19.1. The van der Waals surface area contributed by atoms with Gasteiger partial charge in [-0.25, -0.2) is 4.39 Å². The Balaban J connectivity index is 2.41. The maximum Gasteiger partial charge on any atom is 0.129 e. The number of benzene rings is 1. The molecule has 1 rings (SSSR count). The van der Waals surface area contributed by atoms with E-state index >= 15 is 0 Å². The summed E-state index contributed by atoms with van der Waals surface area (Å²) in [6.07, 6.45) is 5.02. The van der Waals surface area contributed by atoms with Gasteiger partial charge >= 0.3 is 0 Å². The van der Waals surface area contributed by atoms with Gasteiger partial charge in [-0.3, -0.25) is 0 Å². The van der Waals surface area contributed by atoms with Crippen molar-refractivity contribution in [1.82, 2.24) is 0 Å². The van der Waals surface area contributed by atoms with Crippen molar-refractivity contribution in [3.8, 4) is 5.75 Å². The minimum Gasteiger partial charge on any atom is -0.494 e. The molecule has 2 nitrogen and oxygen atoms in total. The number of rotatable bonds is 9. The maximum absolute atomic E-state index is 13.6. The van der Waals surface area contributed by atoms with Gasteiger partial charge in [-0.1, -0.05) is 13.3 Å². The molecule has 0 aliphatic heterocycles. The van der Waals surface area contributed by atoms with Gasteiger partial charge in [-0.15, -0.1) is 0 Å². The van der Waals surface area contributed by atoms with Crippen LogP contribution in [-0.4, -0.2) is 12.4 Å². The highest BCUT2D eigenvalue weighted by Gasteiger charge is 2.04. The van der Waals surface area contributed by atoms with E-state index in [1.165, 1.54) is 6.07 Å². The molecule has 0 aliphatic carbocycles. The smallest absolute Gasteiger partial charge is 0.129 e. The third-order valence-electron chi connectivity index (χ3n) is 2.96. The molecule has 0 saturated carbocycles. The molecule has 0 aliphatic rings. The molecule has 19 heavy (non-hydrogen) atoms. The predicted molar refractivity (Wildman–Crippen MR) is 75.0 cm³/mol. The van der Waals surface area contributed by atoms with Crippen LogP contribution in [0.4, 0.5) is 4.39 Å². The molecule has 1 aromatic rings. The van der Waals surface area contributed by atoms with Gasteiger partial charge in [-0.2, -0.15) is 0 Å². The summed E-state index contributed by atoms with van der Waals surface area (Å²) in [6, 6.07) is 4.93. The Morgan fingerprint density at radius 1 is 1.26 bits per heavy atom. The van der Waals surface area contributed by atoms with Gasteiger partial charge in [0.1, 0.15) is 17.3 Å². The zero-order valence-electron chi connectivity index (χ0n) is 11.9. The summed E-state index contributed by atoms with van der Waals surface area (Å²) < 4.78 is 19.1. The maximum atomic E-state index is 13.6. The molecule has 0 heterocycles. The van der Waals surface area contributed by atoms with Gasteiger partial charge in [0.15, 0.2) is 0 Å². The number of Topliss-reactive ketones (excluding diaryl/α,β-unsaturated/α-hetero) is 1. The molecule has 3 heteroatoms. The third-order valence-corrected chi connectivity index (χ3v) is 2.96. The van der Waals surface area contributed by atoms with E-state index in [0.717, 1.165) is 31.4 Å². The second-order valence-electron chi connectivity index (χ2n) is 4.86. The highest BCUT2D eigenvalue weighted by Crippen LogP contribution is 2.19. The lowest BCUT2D eigenvalue weighted by molar-refractivity contribution is -0.117. The topological polar surface area (TPSA) is 26.3 Å². The first-order valence-electron chi connectivity index (χ1n) is 7.04. The molecule has 0 radical (unpaired) electrons. The molecule has 0 N–H and O–H groups in total. The summed E-state index contributed by atoms with van der Waals surface area (Å²) in [5.74, 6) is 0.790. The number of carbonyl (C=O) groups is 1. The van der Waals surface area contributed by atoms with Crippen LogP contribution >= 0.6 is 0 Å². The van der Waals surface area contributed by atoms with Crippen LogP contribution in [0.25, 0.3) is 0 Å². The lowest BCUT2D eigenvalue weighted by atomic mass is 10.0. The van der Waals surface area contributed by atoms with E-state index < -0.39 is 0 Å². The molecule has 1 aromatic carbocycles. The number of ketones is 1. The van der Waals surface area contributed by atoms with Crippen molar-refractivity contribution in [1.29, 1.82) is 0 Å². The van der Waals surface area contributed by atoms with Crippen LogP contribution in [0, 0.1) is 5.82 Å². The van der Waals surface area contributed by atoms with Crippen LogP contribution in [0.3, 0.4) is 0 Å². The molecule has 0 aromatic heterocycles. The van der Waals surface area contributed by atoms with Crippen LogP contribution in [0.1, 0.15) is 51.5 Å². The van der Waals surface area contributed by atoms with Crippen molar-refractivity contribution >= 4 is 5.78 Å². The van der Waals surface area contributed by atoms with E-state index in [0.29, 0.717) is 25.0 Å². The van der Waals surface area contributed by atoms with Crippen molar-refractivity contribution in [3.63, 3.8) is 0 Å². The minimum atomic E-state index is -0.171. The zero-order chi connectivity index (χ0) is 14.1. The summed E-state index contributed by atoms with van der Waals surface area (Å²) in [4.78, 5) is 10.8. The Morgan fingerprint density at radius 2 is 2.05 bits per heavy atom. The summed E-state index contributed by atoms with van der Waals surface area (Å²) in [6.45, 7) is 4.30. The Kier molecular flexibility index (Phi) is 7.16. The monoisotopic (exact) mass is 266 g/mol. The molecular formula is C16H23FO2. The van der Waals surface area contributed by atoms with Crippen LogP contribution in [0.15, 0.2) is 18.2 Å². The van der Waals surface area contributed by atoms with E-state index in [2.05, 4.69) is 0 Å². The summed E-state index contributed by atoms with van der Waals surface area (Å²) >= 11 is 0. The average Bonchev–Trinajstić information content (AvgIpc) is 2.38. The fourth-order valence-corrected chi connectivity index (χ4v) is 1.92. The molecule has 106 valence electrons. The number of carbonyl (C=O) groups excluding carboxylic acids is 1. The van der Waals surface area contributed by atoms with E-state index in [4.69, 9.17) is 4.74 Å². The Labute approximate surface area is 115 Å². The SMILES string of the molecule is CCCOc1ccc(F)c(CCCCCC(C)=O)c1. The third kappa shape index (κ3) is 6.37. The lowest BCUT2D eigenvalue weighted by Crippen LogP contribution is -1.98. The first-order valence-corrected chi connectivity index (χ1v) is 7.04. The normalized spacial score (nSPS) is 10.5. The van der Waals surface area contributed by atoms with E-state index in [1.54, 1.807) is 19.1 Å². The fraction of sp³-hybridized carbons (Fsp3) is 0.562. The van der Waals surface area contributed by atoms with Crippen molar-refractivity contribution < 1.29 is 13.9 Å². The van der Waals surface area contributed by atoms with Gasteiger partial charge in [-0.05, 0) is 56.4 Å². The molecule has 0 unspecified atom stereocenters. The first-order chi connectivity index (χ1) is 9.13. The van der Waals surface area contributed by atoms with Gasteiger partial charge in [0.25, 0.3) is 0 Å². The Hall–Kier alpha value is -1.38. The van der Waals surface area contributed by atoms with Gasteiger partial charge in [0.2, 0.25) is 0 Å². The average molecular weight is 266 g/mol. The summed E-state index contributed by atoms with van der Waals surface area (Å²) in [5, 5.41) is 0. The van der Waals surface area contributed by atoms with Crippen LogP contribution in [0.2, 0.25) is 0 Å². The molecule has 0 amide bonds. The number of halogens is 1. The first kappa shape index (κ1) is 15.7. The molecule has 0 bridgehead atoms. The Morgan fingerprint density at radius 3 is 2.74 bits per heavy atom. The van der Waals surface area contributed by atoms with Crippen LogP contribution in [0.5, 0.6) is 5.75 Å². The predicted octanol–water partition coefficient (Wildman–Crippen LogP) is 4.31. The molecule has 0 fully saturated rings. The molecule has 0 spiro atoms. The second kappa shape index (κ2) is 8.68. The summed E-state index contributed by atoms with van der Waals surface area (Å²) in [5.41, 5.74) is 0.705. The zero-order valence-corrected chi connectivity index (χ0v) is 11.9. The van der Waals surface area contributed by atoms with Gasteiger partial charge in [0, 0.05) is 6.42 Å². The number of hydrogen-bond acceptors (Lipinski definition) is 2. The second-order valence-corrected chi connectivity index (χ2v) is 4.86. The molecular weight excluding hydrogens is 243 g/mol. The minimum absolute atomic E-state index is 0.171.